The van der Waals surface area contributed by atoms with E-state index in [1.54, 1.807) is 13.8 Å². The fraction of sp³-hybridized carbons (Fsp3) is 0.773. The molecule has 2 aliphatic carbocycles. The lowest BCUT2D eigenvalue weighted by Crippen LogP contribution is -2.86. The standard InChI is InChI=1S/C22H32O7/c1-8-19(5)11-14(25)22(27)20(6)13(24)9-10-18(3,4)16(20)15(26)17(28-12(2)23)21(22,7)29-19/h8,15-17,26-27H,1,9-11H2,2-7H3/t15-,16-,17-,19-,20-,21+,22-/m0/s1. The highest BCUT2D eigenvalue weighted by Gasteiger charge is 2.81. The number of carbonyl (C=O) groups is 3. The third-order valence-corrected chi connectivity index (χ3v) is 7.79. The van der Waals surface area contributed by atoms with E-state index in [2.05, 4.69) is 6.58 Å². The van der Waals surface area contributed by atoms with Gasteiger partial charge in [-0.15, -0.1) is 6.58 Å². The number of ether oxygens (including phenoxy) is 2. The molecule has 1 saturated heterocycles. The van der Waals surface area contributed by atoms with E-state index in [9.17, 15) is 24.6 Å². The quantitative estimate of drug-likeness (QED) is 0.529. The van der Waals surface area contributed by atoms with E-state index in [4.69, 9.17) is 9.47 Å². The Morgan fingerprint density at radius 2 is 1.79 bits per heavy atom. The molecule has 7 atom stereocenters. The Labute approximate surface area is 171 Å². The lowest BCUT2D eigenvalue weighted by atomic mass is 9.40. The molecule has 3 aliphatic rings. The Hall–Kier alpha value is -1.57. The van der Waals surface area contributed by atoms with E-state index in [0.29, 0.717) is 6.42 Å². The van der Waals surface area contributed by atoms with Gasteiger partial charge in [0, 0.05) is 25.7 Å². The molecule has 162 valence electrons. The highest BCUT2D eigenvalue weighted by molar-refractivity contribution is 6.00. The van der Waals surface area contributed by atoms with Crippen LogP contribution in [0.15, 0.2) is 12.7 Å². The zero-order chi connectivity index (χ0) is 22.2. The smallest absolute Gasteiger partial charge is 0.303 e. The third kappa shape index (κ3) is 2.56. The molecule has 1 heterocycles. The van der Waals surface area contributed by atoms with Crippen LogP contribution < -0.4 is 0 Å². The number of Topliss-reactive ketones (excluding diaryl/α,β-unsaturated/α-hetero) is 2. The monoisotopic (exact) mass is 408 g/mol. The summed E-state index contributed by atoms with van der Waals surface area (Å²) < 4.78 is 11.7. The average molecular weight is 408 g/mol. The first-order valence-corrected chi connectivity index (χ1v) is 10.1. The number of rotatable bonds is 2. The maximum absolute atomic E-state index is 13.5. The van der Waals surface area contributed by atoms with Crippen molar-refractivity contribution < 1.29 is 34.1 Å². The molecule has 3 rings (SSSR count). The van der Waals surface area contributed by atoms with Gasteiger partial charge >= 0.3 is 5.97 Å². The molecule has 0 spiro atoms. The Morgan fingerprint density at radius 3 is 2.31 bits per heavy atom. The van der Waals surface area contributed by atoms with E-state index in [1.165, 1.54) is 19.9 Å². The largest absolute Gasteiger partial charge is 0.457 e. The number of fused-ring (bicyclic) bond motifs is 3. The molecule has 3 fully saturated rings. The minimum Gasteiger partial charge on any atom is -0.457 e. The number of esters is 1. The SMILES string of the molecule is C=C[C@@]1(C)CC(=O)[C@]2(O)[C@@]3(C)C(=O)CCC(C)(C)[C@@H]3[C@H](O)[C@H](OC(C)=O)[C@@]2(C)O1. The van der Waals surface area contributed by atoms with Gasteiger partial charge in [-0.05, 0) is 32.6 Å². The van der Waals surface area contributed by atoms with E-state index in [1.807, 2.05) is 13.8 Å². The average Bonchev–Trinajstić information content (AvgIpc) is 2.59. The van der Waals surface area contributed by atoms with Crippen LogP contribution in [0.3, 0.4) is 0 Å². The van der Waals surface area contributed by atoms with Crippen LogP contribution in [-0.4, -0.2) is 56.8 Å². The van der Waals surface area contributed by atoms with Crippen molar-refractivity contribution in [2.45, 2.75) is 89.8 Å². The molecular formula is C22H32O7. The summed E-state index contributed by atoms with van der Waals surface area (Å²) in [5, 5.41) is 23.5. The number of aliphatic hydroxyl groups excluding tert-OH is 1. The Morgan fingerprint density at radius 1 is 1.21 bits per heavy atom. The minimum absolute atomic E-state index is 0.176. The maximum Gasteiger partial charge on any atom is 0.303 e. The normalized spacial score (nSPS) is 49.0. The summed E-state index contributed by atoms with van der Waals surface area (Å²) >= 11 is 0. The zero-order valence-corrected chi connectivity index (χ0v) is 18.1. The maximum atomic E-state index is 13.5. The first-order valence-electron chi connectivity index (χ1n) is 10.1. The fourth-order valence-electron chi connectivity index (χ4n) is 6.40. The Balaban J connectivity index is 2.34. The molecule has 0 aromatic heterocycles. The van der Waals surface area contributed by atoms with Crippen molar-refractivity contribution in [3.8, 4) is 0 Å². The molecule has 7 nitrogen and oxygen atoms in total. The van der Waals surface area contributed by atoms with Crippen LogP contribution in [0.25, 0.3) is 0 Å². The summed E-state index contributed by atoms with van der Waals surface area (Å²) in [6.07, 6.45) is -0.711. The topological polar surface area (TPSA) is 110 Å². The lowest BCUT2D eigenvalue weighted by Gasteiger charge is -2.69. The molecule has 1 aliphatic heterocycles. The van der Waals surface area contributed by atoms with Crippen molar-refractivity contribution in [3.05, 3.63) is 12.7 Å². The number of hydrogen-bond acceptors (Lipinski definition) is 7. The van der Waals surface area contributed by atoms with Gasteiger partial charge in [0.1, 0.15) is 11.4 Å². The second-order valence-corrected chi connectivity index (χ2v) is 10.1. The second-order valence-electron chi connectivity index (χ2n) is 10.1. The van der Waals surface area contributed by atoms with Crippen LogP contribution >= 0.6 is 0 Å². The van der Waals surface area contributed by atoms with Gasteiger partial charge in [0.25, 0.3) is 0 Å². The molecular weight excluding hydrogens is 376 g/mol. The summed E-state index contributed by atoms with van der Waals surface area (Å²) in [5.74, 6) is -2.35. The van der Waals surface area contributed by atoms with Crippen molar-refractivity contribution in [1.82, 2.24) is 0 Å². The fourth-order valence-corrected chi connectivity index (χ4v) is 6.40. The van der Waals surface area contributed by atoms with E-state index >= 15 is 0 Å². The molecule has 2 saturated carbocycles. The number of carbonyl (C=O) groups excluding carboxylic acids is 3. The van der Waals surface area contributed by atoms with Gasteiger partial charge in [-0.25, -0.2) is 0 Å². The first-order chi connectivity index (χ1) is 13.1. The van der Waals surface area contributed by atoms with E-state index in [-0.39, 0.29) is 18.6 Å². The van der Waals surface area contributed by atoms with Gasteiger partial charge < -0.3 is 19.7 Å². The second kappa shape index (κ2) is 6.22. The molecule has 0 aromatic rings. The summed E-state index contributed by atoms with van der Waals surface area (Å²) in [4.78, 5) is 38.7. The number of ketones is 2. The van der Waals surface area contributed by atoms with Gasteiger partial charge in [0.2, 0.25) is 0 Å². The van der Waals surface area contributed by atoms with Gasteiger partial charge in [0.05, 0.1) is 17.1 Å². The molecule has 0 unspecified atom stereocenters. The molecule has 2 N–H and O–H groups in total. The number of hydrogen-bond donors (Lipinski definition) is 2. The van der Waals surface area contributed by atoms with Gasteiger partial charge in [-0.2, -0.15) is 0 Å². The summed E-state index contributed by atoms with van der Waals surface area (Å²) in [7, 11) is 0. The molecule has 0 aromatic carbocycles. The van der Waals surface area contributed by atoms with Crippen molar-refractivity contribution >= 4 is 17.5 Å². The van der Waals surface area contributed by atoms with Gasteiger partial charge in [0.15, 0.2) is 17.5 Å². The van der Waals surface area contributed by atoms with Gasteiger partial charge in [-0.3, -0.25) is 14.4 Å². The van der Waals surface area contributed by atoms with Crippen molar-refractivity contribution in [1.29, 1.82) is 0 Å². The van der Waals surface area contributed by atoms with E-state index in [0.717, 1.165) is 0 Å². The molecule has 0 bridgehead atoms. The summed E-state index contributed by atoms with van der Waals surface area (Å²) in [5.41, 5.74) is -7.45. The lowest BCUT2D eigenvalue weighted by molar-refractivity contribution is -0.347. The van der Waals surface area contributed by atoms with Crippen LogP contribution in [0.5, 0.6) is 0 Å². The highest BCUT2D eigenvalue weighted by Crippen LogP contribution is 2.65. The zero-order valence-electron chi connectivity index (χ0n) is 18.1. The van der Waals surface area contributed by atoms with Crippen LogP contribution in [-0.2, 0) is 23.9 Å². The van der Waals surface area contributed by atoms with Crippen molar-refractivity contribution in [2.24, 2.45) is 16.7 Å². The summed E-state index contributed by atoms with van der Waals surface area (Å²) in [6.45, 7) is 13.3. The molecule has 0 amide bonds. The predicted molar refractivity (Wildman–Crippen MR) is 104 cm³/mol. The van der Waals surface area contributed by atoms with Crippen LogP contribution in [0, 0.1) is 16.7 Å². The summed E-state index contributed by atoms with van der Waals surface area (Å²) in [6, 6.07) is 0. The van der Waals surface area contributed by atoms with Gasteiger partial charge in [-0.1, -0.05) is 19.9 Å². The highest BCUT2D eigenvalue weighted by atomic mass is 16.6. The van der Waals surface area contributed by atoms with Crippen LogP contribution in [0.2, 0.25) is 0 Å². The van der Waals surface area contributed by atoms with E-state index < -0.39 is 57.5 Å². The first kappa shape index (κ1) is 22.1. The number of aliphatic hydroxyl groups is 2. The van der Waals surface area contributed by atoms with Crippen molar-refractivity contribution in [2.75, 3.05) is 0 Å². The van der Waals surface area contributed by atoms with Crippen LogP contribution in [0.1, 0.15) is 60.8 Å². The molecule has 7 heteroatoms. The van der Waals surface area contributed by atoms with Crippen molar-refractivity contribution in [3.63, 3.8) is 0 Å². The predicted octanol–water partition coefficient (Wildman–Crippen LogP) is 1.73. The Bertz CT molecular complexity index is 788. The van der Waals surface area contributed by atoms with Crippen LogP contribution in [0.4, 0.5) is 0 Å². The third-order valence-electron chi connectivity index (χ3n) is 7.79. The molecule has 0 radical (unpaired) electrons. The Kier molecular flexibility index (Phi) is 4.74. The molecule has 29 heavy (non-hydrogen) atoms. The minimum atomic E-state index is -2.28.